The minimum atomic E-state index is 0. The van der Waals surface area contributed by atoms with Gasteiger partial charge in [0.1, 0.15) is 5.75 Å². The van der Waals surface area contributed by atoms with E-state index in [0.717, 1.165) is 17.5 Å². The van der Waals surface area contributed by atoms with Gasteiger partial charge in [-0.05, 0) is 40.5 Å². The third-order valence-electron chi connectivity index (χ3n) is 4.03. The van der Waals surface area contributed by atoms with Crippen LogP contribution in [0.25, 0.3) is 6.08 Å². The number of allylic oxidation sites excluding steroid dienone is 1. The first kappa shape index (κ1) is 29.6. The summed E-state index contributed by atoms with van der Waals surface area (Å²) in [6, 6.07) is 14.5. The Labute approximate surface area is 181 Å². The van der Waals surface area contributed by atoms with Crippen LogP contribution < -0.4 is 0 Å². The van der Waals surface area contributed by atoms with Crippen molar-refractivity contribution in [2.75, 3.05) is 0 Å². The zero-order valence-electron chi connectivity index (χ0n) is 17.5. The van der Waals surface area contributed by atoms with E-state index in [1.54, 1.807) is 0 Å². The van der Waals surface area contributed by atoms with Crippen molar-refractivity contribution < 1.29 is 31.3 Å². The Morgan fingerprint density at radius 2 is 1.27 bits per heavy atom. The van der Waals surface area contributed by atoms with E-state index in [-0.39, 0.29) is 48.5 Å². The molecule has 3 rings (SSSR count). The van der Waals surface area contributed by atoms with Gasteiger partial charge in [-0.1, -0.05) is 82.3 Å². The first-order valence-corrected chi connectivity index (χ1v) is 8.07. The minimum absolute atomic E-state index is 0. The normalized spacial score (nSPS) is 10.4. The molecule has 2 aromatic carbocycles. The van der Waals surface area contributed by atoms with Crippen LogP contribution in [0.1, 0.15) is 61.8 Å². The molecule has 0 bridgehead atoms. The van der Waals surface area contributed by atoms with E-state index in [0.29, 0.717) is 17.6 Å². The van der Waals surface area contributed by atoms with Crippen molar-refractivity contribution in [2.24, 2.45) is 0 Å². The van der Waals surface area contributed by atoms with Gasteiger partial charge in [0, 0.05) is 0 Å². The van der Waals surface area contributed by atoms with E-state index < -0.39 is 0 Å². The molecule has 0 heterocycles. The summed E-state index contributed by atoms with van der Waals surface area (Å²) in [6.07, 6.45) is 5.50. The second-order valence-corrected chi connectivity index (χ2v) is 6.40. The van der Waals surface area contributed by atoms with E-state index in [1.807, 2.05) is 18.2 Å². The summed E-state index contributed by atoms with van der Waals surface area (Å²) in [7, 11) is 0. The average molecular weight is 431 g/mol. The summed E-state index contributed by atoms with van der Waals surface area (Å²) >= 11 is 0. The Kier molecular flexibility index (Phi) is 15.9. The second kappa shape index (κ2) is 14.0. The van der Waals surface area contributed by atoms with Crippen molar-refractivity contribution in [1.82, 2.24) is 0 Å². The van der Waals surface area contributed by atoms with Gasteiger partial charge in [-0.2, -0.15) is 0 Å². The van der Waals surface area contributed by atoms with Crippen LogP contribution in [0.15, 0.2) is 48.5 Å². The summed E-state index contributed by atoms with van der Waals surface area (Å²) in [6.45, 7) is 8.39. The van der Waals surface area contributed by atoms with Gasteiger partial charge in [-0.3, -0.25) is 0 Å². The molecule has 2 aromatic rings. The first-order chi connectivity index (χ1) is 10.5. The zero-order valence-corrected chi connectivity index (χ0v) is 20.0. The molecule has 1 aliphatic rings. The Bertz CT molecular complexity index is 631. The van der Waals surface area contributed by atoms with Crippen LogP contribution in [0.5, 0.6) is 5.75 Å². The maximum absolute atomic E-state index is 9.93. The van der Waals surface area contributed by atoms with Crippen LogP contribution in [0, 0.1) is 22.3 Å². The summed E-state index contributed by atoms with van der Waals surface area (Å²) in [5.74, 6) is 1.25. The van der Waals surface area contributed by atoms with E-state index in [2.05, 4.69) is 64.1 Å². The molecule has 1 aliphatic carbocycles. The summed E-state index contributed by atoms with van der Waals surface area (Å²) in [5, 5.41) is 9.93. The maximum Gasteiger partial charge on any atom is 3.00 e. The Hall–Kier alpha value is -1.14. The molecule has 2 heteroatoms. The number of hydrogen-bond donors (Lipinski definition) is 1. The predicted octanol–water partition coefficient (Wildman–Crippen LogP) is 7.24. The van der Waals surface area contributed by atoms with Gasteiger partial charge >= 0.3 is 26.2 Å². The number of phenolic OH excluding ortho intramolecular Hbond substituents is 1. The number of hydrogen-bond acceptors (Lipinski definition) is 1. The first-order valence-electron chi connectivity index (χ1n) is 8.07. The van der Waals surface area contributed by atoms with Gasteiger partial charge in [0.05, 0.1) is 0 Å². The molecule has 0 amide bonds. The van der Waals surface area contributed by atoms with Crippen LogP contribution in [-0.2, 0) is 32.6 Å². The summed E-state index contributed by atoms with van der Waals surface area (Å²) < 4.78 is 0. The predicted molar refractivity (Wildman–Crippen MR) is 115 cm³/mol. The average Bonchev–Trinajstić information content (AvgIpc) is 2.96. The van der Waals surface area contributed by atoms with Crippen molar-refractivity contribution in [3.63, 3.8) is 0 Å². The van der Waals surface area contributed by atoms with Crippen LogP contribution >= 0.6 is 0 Å². The Morgan fingerprint density at radius 1 is 0.769 bits per heavy atom. The third-order valence-corrected chi connectivity index (χ3v) is 4.03. The second-order valence-electron chi connectivity index (χ2n) is 6.40. The molecule has 0 atom stereocenters. The number of para-hydroxylation sites is 1. The largest absolute Gasteiger partial charge is 3.00 e. The molecule has 1 N–H and O–H groups in total. The number of aromatic hydroxyl groups is 1. The standard InChI is InChI=1S/C12H18O.C9H8.3CH3.Zr/c1-8(2)10-6-5-7-11(9(3)4)12(10)13;1-2-5-9-7-3-6-8(9)4-1;;;;/h5-9,13H,1-4H3;1-6H,7H2;3*1H3;/q;;3*-1;+3. The van der Waals surface area contributed by atoms with Crippen LogP contribution in [0.2, 0.25) is 0 Å². The molecule has 1 radical (unpaired) electrons. The van der Waals surface area contributed by atoms with E-state index in [4.69, 9.17) is 0 Å². The van der Waals surface area contributed by atoms with Gasteiger partial charge < -0.3 is 27.4 Å². The number of fused-ring (bicyclic) bond motifs is 1. The maximum atomic E-state index is 9.93. The van der Waals surface area contributed by atoms with Gasteiger partial charge in [0.2, 0.25) is 0 Å². The van der Waals surface area contributed by atoms with Crippen molar-refractivity contribution >= 4 is 6.08 Å². The van der Waals surface area contributed by atoms with Gasteiger partial charge in [0.15, 0.2) is 0 Å². The fourth-order valence-corrected chi connectivity index (χ4v) is 2.71. The minimum Gasteiger partial charge on any atom is -0.507 e. The quantitative estimate of drug-likeness (QED) is 0.498. The molecular weight excluding hydrogens is 395 g/mol. The fraction of sp³-hybridized carbons (Fsp3) is 0.292. The van der Waals surface area contributed by atoms with Gasteiger partial charge in [-0.15, -0.1) is 0 Å². The SMILES string of the molecule is C1=Cc2ccccc2C1.CC(C)c1cccc(C(C)C)c1O.[CH3-].[CH3-].[CH3-].[Zr+3]. The van der Waals surface area contributed by atoms with E-state index in [9.17, 15) is 5.11 Å². The number of rotatable bonds is 2. The topological polar surface area (TPSA) is 20.2 Å². The van der Waals surface area contributed by atoms with E-state index in [1.165, 1.54) is 11.1 Å². The molecule has 0 unspecified atom stereocenters. The molecule has 26 heavy (non-hydrogen) atoms. The van der Waals surface area contributed by atoms with Crippen molar-refractivity contribution in [1.29, 1.82) is 0 Å². The van der Waals surface area contributed by atoms with Crippen molar-refractivity contribution in [3.05, 3.63) is 93.1 Å². The van der Waals surface area contributed by atoms with Crippen LogP contribution in [-0.4, -0.2) is 5.11 Å². The molecule has 0 saturated heterocycles. The fourth-order valence-electron chi connectivity index (χ4n) is 2.71. The van der Waals surface area contributed by atoms with Gasteiger partial charge in [0.25, 0.3) is 0 Å². The van der Waals surface area contributed by atoms with E-state index >= 15 is 0 Å². The monoisotopic (exact) mass is 429 g/mol. The smallest absolute Gasteiger partial charge is 0.507 e. The Balaban J connectivity index is -0.000000365. The van der Waals surface area contributed by atoms with Crippen molar-refractivity contribution in [3.8, 4) is 5.75 Å². The van der Waals surface area contributed by atoms with Crippen LogP contribution in [0.3, 0.4) is 0 Å². The molecular formula is C24H35OZr. The van der Waals surface area contributed by atoms with Crippen LogP contribution in [0.4, 0.5) is 0 Å². The third kappa shape index (κ3) is 7.62. The number of benzene rings is 2. The molecule has 0 aromatic heterocycles. The summed E-state index contributed by atoms with van der Waals surface area (Å²) in [5.41, 5.74) is 4.94. The zero-order chi connectivity index (χ0) is 16.1. The molecule has 0 saturated carbocycles. The molecule has 1 nitrogen and oxygen atoms in total. The molecule has 141 valence electrons. The molecule has 0 fully saturated rings. The van der Waals surface area contributed by atoms with Crippen molar-refractivity contribution in [2.45, 2.75) is 46.0 Å². The molecule has 0 aliphatic heterocycles. The molecule has 0 spiro atoms. The Morgan fingerprint density at radius 3 is 1.73 bits per heavy atom. The summed E-state index contributed by atoms with van der Waals surface area (Å²) in [4.78, 5) is 0. The van der Waals surface area contributed by atoms with Gasteiger partial charge in [-0.25, -0.2) is 0 Å². The number of phenols is 1.